The minimum Gasteiger partial charge on any atom is -0.490 e. The van der Waals surface area contributed by atoms with Crippen LogP contribution < -0.4 is 19.5 Å². The zero-order valence-electron chi connectivity index (χ0n) is 16.3. The highest BCUT2D eigenvalue weighted by molar-refractivity contribution is 5.96. The molecule has 148 valence electrons. The number of amides is 2. The predicted molar refractivity (Wildman–Crippen MR) is 101 cm³/mol. The number of carbonyl (C=O) groups excluding carboxylic acids is 2. The van der Waals surface area contributed by atoms with Gasteiger partial charge in [0.15, 0.2) is 11.5 Å². The lowest BCUT2D eigenvalue weighted by Crippen LogP contribution is -2.33. The number of rotatable bonds is 7. The molecule has 2 heterocycles. The Hall–Kier alpha value is -2.44. The highest BCUT2D eigenvalue weighted by atomic mass is 16.5. The van der Waals surface area contributed by atoms with Gasteiger partial charge in [-0.2, -0.15) is 0 Å². The molecule has 2 amide bonds. The first-order valence-corrected chi connectivity index (χ1v) is 9.64. The molecular weight excluding hydrogens is 348 g/mol. The molecule has 2 fully saturated rings. The number of nitrogens with one attached hydrogen (secondary N) is 1. The quantitative estimate of drug-likeness (QED) is 0.790. The van der Waals surface area contributed by atoms with Gasteiger partial charge in [0.1, 0.15) is 0 Å². The van der Waals surface area contributed by atoms with E-state index in [-0.39, 0.29) is 17.2 Å². The van der Waals surface area contributed by atoms with Gasteiger partial charge in [-0.3, -0.25) is 9.59 Å². The molecule has 1 aromatic carbocycles. The van der Waals surface area contributed by atoms with Gasteiger partial charge in [0.25, 0.3) is 5.91 Å². The minimum atomic E-state index is -0.122. The van der Waals surface area contributed by atoms with E-state index in [9.17, 15) is 9.59 Å². The zero-order valence-corrected chi connectivity index (χ0v) is 16.3. The third kappa shape index (κ3) is 3.96. The standard InChI is InChI=1S/C20H28N2O5/c1-4-25-15-9-14(10-16(26-5-2)18(15)27-6-3)19(24)22-8-7-20(13-22)11-17(23)21-12-20/h9-10H,4-8,11-13H2,1-3H3,(H,21,23). The first-order valence-electron chi connectivity index (χ1n) is 9.64. The summed E-state index contributed by atoms with van der Waals surface area (Å²) in [5, 5.41) is 2.89. The van der Waals surface area contributed by atoms with Gasteiger partial charge in [0.2, 0.25) is 11.7 Å². The SMILES string of the molecule is CCOc1cc(C(=O)N2CCC3(CNC(=O)C3)C2)cc(OCC)c1OCC. The van der Waals surface area contributed by atoms with Crippen LogP contribution in [0.3, 0.4) is 0 Å². The summed E-state index contributed by atoms with van der Waals surface area (Å²) in [6.45, 7) is 8.95. The molecule has 1 unspecified atom stereocenters. The second-order valence-electron chi connectivity index (χ2n) is 7.03. The van der Waals surface area contributed by atoms with Crippen LogP contribution in [0.15, 0.2) is 12.1 Å². The molecule has 1 atom stereocenters. The monoisotopic (exact) mass is 376 g/mol. The maximum Gasteiger partial charge on any atom is 0.254 e. The Morgan fingerprint density at radius 3 is 2.26 bits per heavy atom. The van der Waals surface area contributed by atoms with Gasteiger partial charge in [0, 0.05) is 37.0 Å². The average Bonchev–Trinajstić information content (AvgIpc) is 3.23. The first kappa shape index (κ1) is 19.3. The Balaban J connectivity index is 1.86. The number of likely N-dealkylation sites (tertiary alicyclic amines) is 1. The lowest BCUT2D eigenvalue weighted by molar-refractivity contribution is -0.119. The molecule has 0 bridgehead atoms. The van der Waals surface area contributed by atoms with E-state index in [0.717, 1.165) is 6.42 Å². The van der Waals surface area contributed by atoms with E-state index < -0.39 is 0 Å². The number of carbonyl (C=O) groups is 2. The summed E-state index contributed by atoms with van der Waals surface area (Å²) < 4.78 is 17.1. The molecule has 2 saturated heterocycles. The van der Waals surface area contributed by atoms with Gasteiger partial charge in [-0.15, -0.1) is 0 Å². The molecule has 2 aliphatic rings. The van der Waals surface area contributed by atoms with Crippen LogP contribution in [0.1, 0.15) is 44.0 Å². The van der Waals surface area contributed by atoms with Gasteiger partial charge in [-0.1, -0.05) is 0 Å². The summed E-state index contributed by atoms with van der Waals surface area (Å²) >= 11 is 0. The van der Waals surface area contributed by atoms with Gasteiger partial charge in [-0.25, -0.2) is 0 Å². The topological polar surface area (TPSA) is 77.1 Å². The normalized spacial score (nSPS) is 21.4. The highest BCUT2D eigenvalue weighted by Gasteiger charge is 2.45. The molecule has 1 spiro atoms. The molecule has 0 aliphatic carbocycles. The Kier molecular flexibility index (Phi) is 5.77. The second kappa shape index (κ2) is 8.06. The number of hydrogen-bond acceptors (Lipinski definition) is 5. The van der Waals surface area contributed by atoms with Gasteiger partial charge in [-0.05, 0) is 39.3 Å². The molecule has 3 rings (SSSR count). The van der Waals surface area contributed by atoms with Crippen LogP contribution in [0.5, 0.6) is 17.2 Å². The molecule has 7 nitrogen and oxygen atoms in total. The first-order chi connectivity index (χ1) is 13.0. The van der Waals surface area contributed by atoms with Crippen molar-refractivity contribution < 1.29 is 23.8 Å². The maximum absolute atomic E-state index is 13.1. The lowest BCUT2D eigenvalue weighted by Gasteiger charge is -2.23. The molecule has 27 heavy (non-hydrogen) atoms. The van der Waals surface area contributed by atoms with Gasteiger partial charge >= 0.3 is 0 Å². The third-order valence-corrected chi connectivity index (χ3v) is 5.08. The molecular formula is C20H28N2O5. The van der Waals surface area contributed by atoms with E-state index in [1.807, 2.05) is 25.7 Å². The van der Waals surface area contributed by atoms with Crippen molar-refractivity contribution in [1.29, 1.82) is 0 Å². The largest absolute Gasteiger partial charge is 0.490 e. The fourth-order valence-corrected chi connectivity index (χ4v) is 3.84. The van der Waals surface area contributed by atoms with Crippen molar-refractivity contribution in [3.05, 3.63) is 17.7 Å². The van der Waals surface area contributed by atoms with Crippen molar-refractivity contribution in [1.82, 2.24) is 10.2 Å². The van der Waals surface area contributed by atoms with E-state index in [1.165, 1.54) is 0 Å². The molecule has 1 aromatic rings. The van der Waals surface area contributed by atoms with Crippen molar-refractivity contribution in [3.63, 3.8) is 0 Å². The van der Waals surface area contributed by atoms with E-state index >= 15 is 0 Å². The van der Waals surface area contributed by atoms with Gasteiger partial charge < -0.3 is 24.4 Å². The van der Waals surface area contributed by atoms with Crippen LogP contribution in [0.25, 0.3) is 0 Å². The van der Waals surface area contributed by atoms with Crippen molar-refractivity contribution in [3.8, 4) is 17.2 Å². The summed E-state index contributed by atoms with van der Waals surface area (Å²) in [5.74, 6) is 1.56. The predicted octanol–water partition coefficient (Wildman–Crippen LogP) is 2.23. The second-order valence-corrected chi connectivity index (χ2v) is 7.03. The summed E-state index contributed by atoms with van der Waals surface area (Å²) in [5.41, 5.74) is 0.392. The molecule has 7 heteroatoms. The average molecular weight is 376 g/mol. The van der Waals surface area contributed by atoms with E-state index in [4.69, 9.17) is 14.2 Å². The molecule has 2 aliphatic heterocycles. The Morgan fingerprint density at radius 1 is 1.11 bits per heavy atom. The van der Waals surface area contributed by atoms with Crippen LogP contribution >= 0.6 is 0 Å². The van der Waals surface area contributed by atoms with E-state index in [2.05, 4.69) is 5.32 Å². The number of benzene rings is 1. The summed E-state index contributed by atoms with van der Waals surface area (Å²) in [6, 6.07) is 3.45. The summed E-state index contributed by atoms with van der Waals surface area (Å²) in [7, 11) is 0. The van der Waals surface area contributed by atoms with Crippen LogP contribution in [0.4, 0.5) is 0 Å². The Morgan fingerprint density at radius 2 is 1.74 bits per heavy atom. The smallest absolute Gasteiger partial charge is 0.254 e. The fourth-order valence-electron chi connectivity index (χ4n) is 3.84. The molecule has 0 aromatic heterocycles. The minimum absolute atomic E-state index is 0.0719. The Labute approximate surface area is 160 Å². The Bertz CT molecular complexity index is 693. The van der Waals surface area contributed by atoms with Crippen molar-refractivity contribution in [2.24, 2.45) is 5.41 Å². The van der Waals surface area contributed by atoms with Crippen molar-refractivity contribution >= 4 is 11.8 Å². The van der Waals surface area contributed by atoms with Crippen molar-refractivity contribution in [2.75, 3.05) is 39.5 Å². The summed E-state index contributed by atoms with van der Waals surface area (Å²) in [6.07, 6.45) is 1.33. The van der Waals surface area contributed by atoms with E-state index in [1.54, 1.807) is 12.1 Å². The fraction of sp³-hybridized carbons (Fsp3) is 0.600. The van der Waals surface area contributed by atoms with Crippen LogP contribution in [-0.4, -0.2) is 56.2 Å². The number of ether oxygens (including phenoxy) is 3. The maximum atomic E-state index is 13.1. The van der Waals surface area contributed by atoms with Crippen molar-refractivity contribution in [2.45, 2.75) is 33.6 Å². The highest BCUT2D eigenvalue weighted by Crippen LogP contribution is 2.41. The van der Waals surface area contributed by atoms with Crippen LogP contribution in [0.2, 0.25) is 0 Å². The number of nitrogens with zero attached hydrogens (tertiary/aromatic N) is 1. The van der Waals surface area contributed by atoms with Crippen LogP contribution in [0, 0.1) is 5.41 Å². The van der Waals surface area contributed by atoms with E-state index in [0.29, 0.717) is 68.7 Å². The molecule has 0 saturated carbocycles. The van der Waals surface area contributed by atoms with Gasteiger partial charge in [0.05, 0.1) is 19.8 Å². The number of hydrogen-bond donors (Lipinski definition) is 1. The lowest BCUT2D eigenvalue weighted by atomic mass is 9.86. The zero-order chi connectivity index (χ0) is 19.4. The molecule has 0 radical (unpaired) electrons. The molecule has 1 N–H and O–H groups in total. The van der Waals surface area contributed by atoms with Crippen LogP contribution in [-0.2, 0) is 4.79 Å². The third-order valence-electron chi connectivity index (χ3n) is 5.08. The summed E-state index contributed by atoms with van der Waals surface area (Å²) in [4.78, 5) is 26.6.